The van der Waals surface area contributed by atoms with Crippen LogP contribution in [0.2, 0.25) is 5.02 Å². The van der Waals surface area contributed by atoms with Crippen LogP contribution in [0, 0.1) is 35.5 Å². The van der Waals surface area contributed by atoms with E-state index in [2.05, 4.69) is 33.2 Å². The number of carbonyl (C=O) groups is 2. The number of halogens is 2. The lowest BCUT2D eigenvalue weighted by Gasteiger charge is -2.37. The first-order valence-corrected chi connectivity index (χ1v) is 13.1. The maximum Gasteiger partial charge on any atom is 0.254 e. The van der Waals surface area contributed by atoms with Crippen molar-refractivity contribution in [2.75, 3.05) is 6.61 Å². The standard InChI is InChI=1S/C27H24BrClN2O4/c1-2-34-22-10-14(9-20(28)25(22)35-13-15-5-3-4-6-21(15)29)12-30-31-26(32)23-16-7-8-17(19-11-18(16)19)24(23)27(31)33/h3-10,12,16-19,23-24H,2,11,13H2,1H3/t16-,17-,18-,19-,23-,24+/m0/s1. The molecule has 0 radical (unpaired) electrons. The van der Waals surface area contributed by atoms with Gasteiger partial charge in [-0.25, -0.2) is 0 Å². The van der Waals surface area contributed by atoms with Gasteiger partial charge in [-0.2, -0.15) is 10.1 Å². The molecule has 7 rings (SSSR count). The number of nitrogens with zero attached hydrogens (tertiary/aromatic N) is 2. The molecule has 3 fully saturated rings. The van der Waals surface area contributed by atoms with Gasteiger partial charge in [-0.1, -0.05) is 42.0 Å². The number of imide groups is 1. The third-order valence-corrected chi connectivity index (χ3v) is 8.58. The van der Waals surface area contributed by atoms with E-state index in [0.29, 0.717) is 45.0 Å². The van der Waals surface area contributed by atoms with Gasteiger partial charge < -0.3 is 9.47 Å². The SMILES string of the molecule is CCOc1cc(C=NN2C(=O)[C@@H]3[C@H]4C=C[C@@H]([C@@H]5C[C@@H]45)[C@@H]3C2=O)cc(Br)c1OCc1ccccc1Cl. The van der Waals surface area contributed by atoms with Crippen LogP contribution in [0.1, 0.15) is 24.5 Å². The van der Waals surface area contributed by atoms with Crippen LogP contribution < -0.4 is 9.47 Å². The lowest BCUT2D eigenvalue weighted by molar-refractivity contribution is -0.140. The Morgan fingerprint density at radius 2 is 1.77 bits per heavy atom. The molecule has 6 nitrogen and oxygen atoms in total. The summed E-state index contributed by atoms with van der Waals surface area (Å²) < 4.78 is 12.5. The van der Waals surface area contributed by atoms with Crippen LogP contribution in [0.3, 0.4) is 0 Å². The van der Waals surface area contributed by atoms with Crippen molar-refractivity contribution in [3.05, 3.63) is 69.2 Å². The predicted octanol–water partition coefficient (Wildman–Crippen LogP) is 5.47. The number of carbonyl (C=O) groups excluding carboxylic acids is 2. The number of hydrogen-bond acceptors (Lipinski definition) is 5. The smallest absolute Gasteiger partial charge is 0.254 e. The Kier molecular flexibility index (Phi) is 5.72. The molecular weight excluding hydrogens is 532 g/mol. The molecule has 2 saturated carbocycles. The monoisotopic (exact) mass is 554 g/mol. The summed E-state index contributed by atoms with van der Waals surface area (Å²) in [5, 5.41) is 6.06. The van der Waals surface area contributed by atoms with E-state index in [0.717, 1.165) is 17.0 Å². The minimum atomic E-state index is -0.260. The molecule has 1 heterocycles. The minimum Gasteiger partial charge on any atom is -0.490 e. The van der Waals surface area contributed by atoms with E-state index >= 15 is 0 Å². The van der Waals surface area contributed by atoms with Crippen LogP contribution >= 0.6 is 27.5 Å². The third-order valence-electron chi connectivity index (χ3n) is 7.62. The third kappa shape index (κ3) is 3.80. The van der Waals surface area contributed by atoms with Crippen molar-refractivity contribution in [3.8, 4) is 11.5 Å². The maximum absolute atomic E-state index is 13.2. The van der Waals surface area contributed by atoms with E-state index in [1.165, 1.54) is 6.21 Å². The summed E-state index contributed by atoms with van der Waals surface area (Å²) in [6.45, 7) is 2.62. The topological polar surface area (TPSA) is 68.2 Å². The first-order valence-electron chi connectivity index (χ1n) is 11.9. The van der Waals surface area contributed by atoms with Crippen LogP contribution in [-0.4, -0.2) is 29.6 Å². The molecule has 2 bridgehead atoms. The molecule has 4 aliphatic carbocycles. The molecular formula is C27H24BrClN2O4. The Hall–Kier alpha value is -2.64. The van der Waals surface area contributed by atoms with Crippen molar-refractivity contribution in [3.63, 3.8) is 0 Å². The lowest BCUT2D eigenvalue weighted by atomic mass is 9.63. The summed E-state index contributed by atoms with van der Waals surface area (Å²) in [7, 11) is 0. The van der Waals surface area contributed by atoms with Gasteiger partial charge in [-0.05, 0) is 76.7 Å². The number of amides is 2. The quantitative estimate of drug-likeness (QED) is 0.258. The molecule has 1 saturated heterocycles. The molecule has 2 amide bonds. The molecule has 8 heteroatoms. The van der Waals surface area contributed by atoms with Gasteiger partial charge in [-0.3, -0.25) is 9.59 Å². The van der Waals surface area contributed by atoms with Gasteiger partial charge in [0.05, 0.1) is 29.1 Å². The average molecular weight is 556 g/mol. The fourth-order valence-corrected chi connectivity index (χ4v) is 6.77. The Balaban J connectivity index is 1.23. The number of rotatable bonds is 7. The molecule has 1 aliphatic heterocycles. The largest absolute Gasteiger partial charge is 0.490 e. The van der Waals surface area contributed by atoms with Crippen molar-refractivity contribution in [2.24, 2.45) is 40.6 Å². The van der Waals surface area contributed by atoms with Crippen molar-refractivity contribution < 1.29 is 19.1 Å². The van der Waals surface area contributed by atoms with E-state index in [1.807, 2.05) is 37.3 Å². The van der Waals surface area contributed by atoms with Gasteiger partial charge in [0, 0.05) is 10.6 Å². The Labute approximate surface area is 217 Å². The van der Waals surface area contributed by atoms with Crippen LogP contribution in [0.4, 0.5) is 0 Å². The number of hydrazone groups is 1. The summed E-state index contributed by atoms with van der Waals surface area (Å²) in [6.07, 6.45) is 6.99. The molecule has 0 aromatic heterocycles. The molecule has 35 heavy (non-hydrogen) atoms. The summed E-state index contributed by atoms with van der Waals surface area (Å²) in [5.41, 5.74) is 1.55. The highest BCUT2D eigenvalue weighted by Gasteiger charge is 2.67. The normalized spacial score (nSPS) is 30.1. The molecule has 0 spiro atoms. The molecule has 0 unspecified atom stereocenters. The van der Waals surface area contributed by atoms with E-state index in [4.69, 9.17) is 21.1 Å². The van der Waals surface area contributed by atoms with Crippen LogP contribution in [0.5, 0.6) is 11.5 Å². The van der Waals surface area contributed by atoms with Gasteiger partial charge in [0.15, 0.2) is 11.5 Å². The molecule has 6 atom stereocenters. The van der Waals surface area contributed by atoms with Gasteiger partial charge in [-0.15, -0.1) is 0 Å². The predicted molar refractivity (Wildman–Crippen MR) is 135 cm³/mol. The van der Waals surface area contributed by atoms with Crippen LogP contribution in [0.15, 0.2) is 58.1 Å². The van der Waals surface area contributed by atoms with E-state index < -0.39 is 0 Å². The van der Waals surface area contributed by atoms with Gasteiger partial charge >= 0.3 is 0 Å². The Morgan fingerprint density at radius 3 is 2.43 bits per heavy atom. The van der Waals surface area contributed by atoms with Crippen LogP contribution in [-0.2, 0) is 16.2 Å². The molecule has 5 aliphatic rings. The summed E-state index contributed by atoms with van der Waals surface area (Å²) in [6, 6.07) is 11.1. The Morgan fingerprint density at radius 1 is 1.09 bits per heavy atom. The number of ether oxygens (including phenoxy) is 2. The van der Waals surface area contributed by atoms with Crippen molar-refractivity contribution in [2.45, 2.75) is 20.0 Å². The molecule has 180 valence electrons. The summed E-state index contributed by atoms with van der Waals surface area (Å²) in [4.78, 5) is 26.3. The maximum atomic E-state index is 13.2. The van der Waals surface area contributed by atoms with E-state index in [9.17, 15) is 9.59 Å². The molecule has 0 N–H and O–H groups in total. The van der Waals surface area contributed by atoms with E-state index in [-0.39, 0.29) is 42.1 Å². The highest BCUT2D eigenvalue weighted by atomic mass is 79.9. The van der Waals surface area contributed by atoms with Crippen molar-refractivity contribution >= 4 is 45.6 Å². The molecule has 2 aromatic rings. The minimum absolute atomic E-state index is 0.176. The van der Waals surface area contributed by atoms with Crippen LogP contribution in [0.25, 0.3) is 0 Å². The number of hydrogen-bond donors (Lipinski definition) is 0. The first-order chi connectivity index (χ1) is 17.0. The zero-order chi connectivity index (χ0) is 24.3. The fourth-order valence-electron chi connectivity index (χ4n) is 6.01. The highest BCUT2D eigenvalue weighted by molar-refractivity contribution is 9.10. The van der Waals surface area contributed by atoms with Gasteiger partial charge in [0.1, 0.15) is 6.61 Å². The summed E-state index contributed by atoms with van der Waals surface area (Å²) >= 11 is 9.82. The second-order valence-corrected chi connectivity index (χ2v) is 10.8. The number of allylic oxidation sites excluding steroid dienone is 2. The van der Waals surface area contributed by atoms with Gasteiger partial charge in [0.25, 0.3) is 11.8 Å². The first kappa shape index (κ1) is 22.8. The second kappa shape index (κ2) is 8.79. The van der Waals surface area contributed by atoms with E-state index in [1.54, 1.807) is 6.07 Å². The fraction of sp³-hybridized carbons (Fsp3) is 0.370. The summed E-state index contributed by atoms with van der Waals surface area (Å²) in [5.74, 6) is 1.70. The average Bonchev–Trinajstić information content (AvgIpc) is 3.63. The van der Waals surface area contributed by atoms with Crippen molar-refractivity contribution in [1.29, 1.82) is 0 Å². The Bertz CT molecular complexity index is 1240. The second-order valence-electron chi connectivity index (χ2n) is 9.53. The molecule has 2 aromatic carbocycles. The zero-order valence-corrected chi connectivity index (χ0v) is 21.4. The highest BCUT2D eigenvalue weighted by Crippen LogP contribution is 2.65. The number of benzene rings is 2. The van der Waals surface area contributed by atoms with Crippen molar-refractivity contribution in [1.82, 2.24) is 5.01 Å². The lowest BCUT2D eigenvalue weighted by Crippen LogP contribution is -2.40. The van der Waals surface area contributed by atoms with Gasteiger partial charge in [0.2, 0.25) is 0 Å². The zero-order valence-electron chi connectivity index (χ0n) is 19.1.